The van der Waals surface area contributed by atoms with E-state index in [1.54, 1.807) is 0 Å². The van der Waals surface area contributed by atoms with Crippen molar-refractivity contribution in [3.8, 4) is 0 Å². The first kappa shape index (κ1) is 17.0. The quantitative estimate of drug-likeness (QED) is 0.789. The van der Waals surface area contributed by atoms with Crippen LogP contribution in [0.3, 0.4) is 0 Å². The molecule has 2 heteroatoms. The molecule has 3 atom stereocenters. The Balaban J connectivity index is 2.67. The summed E-state index contributed by atoms with van der Waals surface area (Å²) in [5, 5.41) is 3.78. The lowest BCUT2D eigenvalue weighted by atomic mass is 9.92. The Hall–Kier alpha value is -0.0800. The van der Waals surface area contributed by atoms with Crippen LogP contribution in [0.5, 0.6) is 0 Å². The maximum atomic E-state index is 3.78. The second kappa shape index (κ2) is 7.64. The zero-order valence-corrected chi connectivity index (χ0v) is 14.2. The lowest BCUT2D eigenvalue weighted by molar-refractivity contribution is 0.0495. The van der Waals surface area contributed by atoms with Crippen molar-refractivity contribution in [1.29, 1.82) is 0 Å². The molecule has 0 aromatic heterocycles. The Morgan fingerprint density at radius 2 is 1.63 bits per heavy atom. The molecule has 0 radical (unpaired) electrons. The first-order valence-corrected chi connectivity index (χ1v) is 8.30. The Labute approximate surface area is 121 Å². The average molecular weight is 268 g/mol. The van der Waals surface area contributed by atoms with Crippen LogP contribution in [-0.2, 0) is 0 Å². The van der Waals surface area contributed by atoms with Gasteiger partial charge in [0.25, 0.3) is 0 Å². The van der Waals surface area contributed by atoms with Crippen LogP contribution in [-0.4, -0.2) is 36.1 Å². The summed E-state index contributed by atoms with van der Waals surface area (Å²) >= 11 is 0. The molecule has 1 aliphatic rings. The van der Waals surface area contributed by atoms with Crippen LogP contribution in [0.4, 0.5) is 0 Å². The van der Waals surface area contributed by atoms with E-state index in [-0.39, 0.29) is 0 Å². The van der Waals surface area contributed by atoms with Crippen LogP contribution in [0.1, 0.15) is 61.3 Å². The molecule has 0 aliphatic carbocycles. The summed E-state index contributed by atoms with van der Waals surface area (Å²) in [6.07, 6.45) is 2.62. The zero-order valence-electron chi connectivity index (χ0n) is 14.2. The Morgan fingerprint density at radius 3 is 2.11 bits per heavy atom. The Kier molecular flexibility index (Phi) is 6.82. The molecule has 2 nitrogen and oxygen atoms in total. The number of piperazine rings is 1. The maximum Gasteiger partial charge on any atom is 0.0247 e. The largest absolute Gasteiger partial charge is 0.311 e. The van der Waals surface area contributed by atoms with Gasteiger partial charge in [-0.05, 0) is 37.5 Å². The third-order valence-corrected chi connectivity index (χ3v) is 4.38. The summed E-state index contributed by atoms with van der Waals surface area (Å²) in [6, 6.07) is 2.10. The van der Waals surface area contributed by atoms with Crippen LogP contribution < -0.4 is 5.32 Å². The van der Waals surface area contributed by atoms with Crippen molar-refractivity contribution in [3.63, 3.8) is 0 Å². The predicted octanol–water partition coefficient (Wildman–Crippen LogP) is 3.77. The summed E-state index contributed by atoms with van der Waals surface area (Å²) in [6.45, 7) is 18.9. The van der Waals surface area contributed by atoms with Crippen LogP contribution in [0.2, 0.25) is 0 Å². The van der Waals surface area contributed by atoms with E-state index in [0.717, 1.165) is 24.3 Å². The molecule has 3 unspecified atom stereocenters. The molecule has 0 spiro atoms. The molecule has 1 saturated heterocycles. The van der Waals surface area contributed by atoms with Gasteiger partial charge < -0.3 is 5.32 Å². The van der Waals surface area contributed by atoms with Crippen LogP contribution in [0.15, 0.2) is 0 Å². The highest BCUT2D eigenvalue weighted by Crippen LogP contribution is 2.23. The highest BCUT2D eigenvalue weighted by atomic mass is 15.3. The fourth-order valence-corrected chi connectivity index (χ4v) is 3.53. The maximum absolute atomic E-state index is 3.78. The van der Waals surface area contributed by atoms with Gasteiger partial charge in [0.05, 0.1) is 0 Å². The van der Waals surface area contributed by atoms with Gasteiger partial charge in [-0.2, -0.15) is 0 Å². The monoisotopic (exact) mass is 268 g/mol. The van der Waals surface area contributed by atoms with Crippen LogP contribution in [0.25, 0.3) is 0 Å². The number of nitrogens with zero attached hydrogens (tertiary/aromatic N) is 1. The minimum absolute atomic E-state index is 0.685. The smallest absolute Gasteiger partial charge is 0.0247 e. The molecule has 19 heavy (non-hydrogen) atoms. The van der Waals surface area contributed by atoms with E-state index in [1.165, 1.54) is 19.4 Å². The van der Waals surface area contributed by atoms with Crippen molar-refractivity contribution in [2.45, 2.75) is 79.4 Å². The van der Waals surface area contributed by atoms with Gasteiger partial charge in [-0.25, -0.2) is 0 Å². The van der Waals surface area contributed by atoms with Gasteiger partial charge in [0.15, 0.2) is 0 Å². The third kappa shape index (κ3) is 5.43. The standard InChI is InChI=1S/C17H36N2/c1-12(2)8-15(7)19-11-16(9-13(3)4)18-10-17(19)14(5)6/h12-18H,8-11H2,1-7H3. The van der Waals surface area contributed by atoms with Crippen molar-refractivity contribution < 1.29 is 0 Å². The molecule has 0 amide bonds. The van der Waals surface area contributed by atoms with Gasteiger partial charge in [-0.3, -0.25) is 4.90 Å². The molecule has 1 heterocycles. The van der Waals surface area contributed by atoms with Gasteiger partial charge >= 0.3 is 0 Å². The van der Waals surface area contributed by atoms with Crippen LogP contribution >= 0.6 is 0 Å². The van der Waals surface area contributed by atoms with Gasteiger partial charge in [0, 0.05) is 31.2 Å². The van der Waals surface area contributed by atoms with E-state index in [1.807, 2.05) is 0 Å². The average Bonchev–Trinajstić information content (AvgIpc) is 2.26. The number of hydrogen-bond acceptors (Lipinski definition) is 2. The van der Waals surface area contributed by atoms with E-state index in [9.17, 15) is 0 Å². The van der Waals surface area contributed by atoms with Gasteiger partial charge in [0.1, 0.15) is 0 Å². The summed E-state index contributed by atoms with van der Waals surface area (Å²) in [4.78, 5) is 2.79. The highest BCUT2D eigenvalue weighted by molar-refractivity contribution is 4.90. The first-order valence-electron chi connectivity index (χ1n) is 8.30. The normalized spacial score (nSPS) is 27.5. The SMILES string of the molecule is CC(C)CC1CN(C(C)CC(C)C)C(C(C)C)CN1. The molecule has 1 N–H and O–H groups in total. The molecule has 0 bridgehead atoms. The molecule has 0 aromatic carbocycles. The van der Waals surface area contributed by atoms with E-state index >= 15 is 0 Å². The lowest BCUT2D eigenvalue weighted by Gasteiger charge is -2.46. The second-order valence-electron chi connectivity index (χ2n) is 7.72. The third-order valence-electron chi connectivity index (χ3n) is 4.38. The van der Waals surface area contributed by atoms with E-state index in [4.69, 9.17) is 0 Å². The minimum Gasteiger partial charge on any atom is -0.311 e. The number of rotatable bonds is 6. The van der Waals surface area contributed by atoms with E-state index in [0.29, 0.717) is 18.1 Å². The predicted molar refractivity (Wildman–Crippen MR) is 85.5 cm³/mol. The van der Waals surface area contributed by atoms with Crippen molar-refractivity contribution >= 4 is 0 Å². The van der Waals surface area contributed by atoms with E-state index < -0.39 is 0 Å². The topological polar surface area (TPSA) is 15.3 Å². The summed E-state index contributed by atoms with van der Waals surface area (Å²) in [5.41, 5.74) is 0. The van der Waals surface area contributed by atoms with Gasteiger partial charge in [0.2, 0.25) is 0 Å². The second-order valence-corrected chi connectivity index (χ2v) is 7.72. The van der Waals surface area contributed by atoms with Crippen molar-refractivity contribution in [2.75, 3.05) is 13.1 Å². The molecule has 114 valence electrons. The number of nitrogens with one attached hydrogen (secondary N) is 1. The van der Waals surface area contributed by atoms with Crippen molar-refractivity contribution in [1.82, 2.24) is 10.2 Å². The zero-order chi connectivity index (χ0) is 14.6. The Morgan fingerprint density at radius 1 is 1.00 bits per heavy atom. The summed E-state index contributed by atoms with van der Waals surface area (Å²) < 4.78 is 0. The summed E-state index contributed by atoms with van der Waals surface area (Å²) in [7, 11) is 0. The lowest BCUT2D eigenvalue weighted by Crippen LogP contribution is -2.60. The fraction of sp³-hybridized carbons (Fsp3) is 1.00. The molecule has 1 rings (SSSR count). The molecule has 0 saturated carbocycles. The molecular weight excluding hydrogens is 232 g/mol. The molecular formula is C17H36N2. The van der Waals surface area contributed by atoms with Gasteiger partial charge in [-0.15, -0.1) is 0 Å². The molecule has 1 aliphatic heterocycles. The number of hydrogen-bond donors (Lipinski definition) is 1. The van der Waals surface area contributed by atoms with E-state index in [2.05, 4.69) is 58.7 Å². The van der Waals surface area contributed by atoms with Crippen LogP contribution in [0, 0.1) is 17.8 Å². The summed E-state index contributed by atoms with van der Waals surface area (Å²) in [5.74, 6) is 2.32. The highest BCUT2D eigenvalue weighted by Gasteiger charge is 2.32. The van der Waals surface area contributed by atoms with Gasteiger partial charge in [-0.1, -0.05) is 41.5 Å². The molecule has 0 aromatic rings. The molecule has 1 fully saturated rings. The van der Waals surface area contributed by atoms with Crippen molar-refractivity contribution in [3.05, 3.63) is 0 Å². The Bertz CT molecular complexity index is 248. The fourth-order valence-electron chi connectivity index (χ4n) is 3.53. The van der Waals surface area contributed by atoms with Crippen molar-refractivity contribution in [2.24, 2.45) is 17.8 Å². The first-order chi connectivity index (χ1) is 8.81. The minimum atomic E-state index is 0.685.